The minimum atomic E-state index is 0.836. The third-order valence-corrected chi connectivity index (χ3v) is 2.45. The Morgan fingerprint density at radius 3 is 2.93 bits per heavy atom. The fraction of sp³-hybridized carbons (Fsp3) is 0.364. The van der Waals surface area contributed by atoms with E-state index < -0.39 is 0 Å². The number of aromatic nitrogens is 2. The molecule has 0 bridgehead atoms. The number of pyridine rings is 1. The summed E-state index contributed by atoms with van der Waals surface area (Å²) in [6.45, 7) is 0.836. The highest BCUT2D eigenvalue weighted by Crippen LogP contribution is 2.15. The van der Waals surface area contributed by atoms with Crippen LogP contribution in [0.5, 0.6) is 0 Å². The minimum Gasteiger partial charge on any atom is -0.378 e. The van der Waals surface area contributed by atoms with E-state index in [-0.39, 0.29) is 0 Å². The zero-order valence-electron chi connectivity index (χ0n) is 9.36. The Bertz CT molecular complexity index is 459. The van der Waals surface area contributed by atoms with E-state index in [0.717, 1.165) is 12.2 Å². The van der Waals surface area contributed by atoms with Crippen molar-refractivity contribution in [2.24, 2.45) is 0 Å². The largest absolute Gasteiger partial charge is 0.378 e. The smallest absolute Gasteiger partial charge is 0.138 e. The molecule has 0 aliphatic carbocycles. The van der Waals surface area contributed by atoms with Gasteiger partial charge in [-0.25, -0.2) is 4.98 Å². The number of hydrogen-bond acceptors (Lipinski definition) is 3. The van der Waals surface area contributed by atoms with E-state index in [0.29, 0.717) is 0 Å². The molecule has 2 heterocycles. The SMILES string of the molecule is CNCc1cnc2cc(N(C)C)ccn12. The Morgan fingerprint density at radius 1 is 1.47 bits per heavy atom. The summed E-state index contributed by atoms with van der Waals surface area (Å²) in [6.07, 6.45) is 3.97. The first-order valence-electron chi connectivity index (χ1n) is 5.00. The van der Waals surface area contributed by atoms with Gasteiger partial charge in [0, 0.05) is 38.6 Å². The summed E-state index contributed by atoms with van der Waals surface area (Å²) in [6, 6.07) is 4.17. The quantitative estimate of drug-likeness (QED) is 0.813. The van der Waals surface area contributed by atoms with E-state index in [4.69, 9.17) is 0 Å². The molecule has 0 aliphatic heterocycles. The zero-order valence-corrected chi connectivity index (χ0v) is 9.36. The van der Waals surface area contributed by atoms with Crippen molar-refractivity contribution in [2.45, 2.75) is 6.54 Å². The van der Waals surface area contributed by atoms with Crippen molar-refractivity contribution in [1.82, 2.24) is 14.7 Å². The molecule has 4 heteroatoms. The van der Waals surface area contributed by atoms with E-state index >= 15 is 0 Å². The fourth-order valence-electron chi connectivity index (χ4n) is 1.61. The first-order chi connectivity index (χ1) is 7.22. The summed E-state index contributed by atoms with van der Waals surface area (Å²) in [5.74, 6) is 0. The molecule has 0 radical (unpaired) electrons. The van der Waals surface area contributed by atoms with Crippen LogP contribution < -0.4 is 10.2 Å². The lowest BCUT2D eigenvalue weighted by molar-refractivity contribution is 0.782. The molecule has 0 fully saturated rings. The van der Waals surface area contributed by atoms with Gasteiger partial charge in [-0.2, -0.15) is 0 Å². The van der Waals surface area contributed by atoms with Gasteiger partial charge >= 0.3 is 0 Å². The molecule has 2 aromatic rings. The van der Waals surface area contributed by atoms with Crippen LogP contribution in [0.15, 0.2) is 24.5 Å². The van der Waals surface area contributed by atoms with Gasteiger partial charge in [-0.3, -0.25) is 0 Å². The second kappa shape index (κ2) is 3.90. The average Bonchev–Trinajstić information content (AvgIpc) is 2.61. The predicted molar refractivity (Wildman–Crippen MR) is 62.3 cm³/mol. The van der Waals surface area contributed by atoms with E-state index in [1.807, 2.05) is 27.3 Å². The van der Waals surface area contributed by atoms with E-state index in [2.05, 4.69) is 37.9 Å². The Hall–Kier alpha value is -1.55. The van der Waals surface area contributed by atoms with Crippen molar-refractivity contribution in [2.75, 3.05) is 26.0 Å². The highest BCUT2D eigenvalue weighted by atomic mass is 15.1. The molecule has 2 rings (SSSR count). The maximum absolute atomic E-state index is 4.38. The lowest BCUT2D eigenvalue weighted by atomic mass is 10.3. The van der Waals surface area contributed by atoms with Crippen molar-refractivity contribution in [3.8, 4) is 0 Å². The van der Waals surface area contributed by atoms with Crippen molar-refractivity contribution in [3.63, 3.8) is 0 Å². The normalized spacial score (nSPS) is 10.9. The summed E-state index contributed by atoms with van der Waals surface area (Å²) in [5, 5.41) is 3.13. The molecule has 0 aromatic carbocycles. The van der Waals surface area contributed by atoms with Crippen LogP contribution in [-0.2, 0) is 6.54 Å². The number of nitrogens with one attached hydrogen (secondary N) is 1. The molecule has 15 heavy (non-hydrogen) atoms. The van der Waals surface area contributed by atoms with Gasteiger partial charge in [0.25, 0.3) is 0 Å². The second-order valence-electron chi connectivity index (χ2n) is 3.79. The molecule has 0 saturated heterocycles. The average molecular weight is 204 g/mol. The van der Waals surface area contributed by atoms with Gasteiger partial charge in [0.15, 0.2) is 0 Å². The Balaban J connectivity index is 2.47. The molecule has 0 amide bonds. The molecule has 0 atom stereocenters. The van der Waals surface area contributed by atoms with Crippen LogP contribution >= 0.6 is 0 Å². The molecule has 2 aromatic heterocycles. The van der Waals surface area contributed by atoms with Gasteiger partial charge in [-0.1, -0.05) is 0 Å². The summed E-state index contributed by atoms with van der Waals surface area (Å²) < 4.78 is 2.10. The summed E-state index contributed by atoms with van der Waals surface area (Å²) in [4.78, 5) is 6.45. The first-order valence-corrected chi connectivity index (χ1v) is 5.00. The molecule has 80 valence electrons. The maximum atomic E-state index is 4.38. The van der Waals surface area contributed by atoms with Crippen molar-refractivity contribution < 1.29 is 0 Å². The van der Waals surface area contributed by atoms with Crippen LogP contribution in [0.2, 0.25) is 0 Å². The van der Waals surface area contributed by atoms with Gasteiger partial charge in [0.2, 0.25) is 0 Å². The number of nitrogens with zero attached hydrogens (tertiary/aromatic N) is 3. The van der Waals surface area contributed by atoms with Crippen molar-refractivity contribution in [1.29, 1.82) is 0 Å². The predicted octanol–water partition coefficient (Wildman–Crippen LogP) is 1.12. The van der Waals surface area contributed by atoms with Gasteiger partial charge in [-0.15, -0.1) is 0 Å². The summed E-state index contributed by atoms with van der Waals surface area (Å²) in [7, 11) is 6.00. The Kier molecular flexibility index (Phi) is 2.60. The molecule has 0 spiro atoms. The van der Waals surface area contributed by atoms with E-state index in [1.54, 1.807) is 0 Å². The van der Waals surface area contributed by atoms with Gasteiger partial charge in [-0.05, 0) is 13.1 Å². The molecule has 0 saturated carbocycles. The Labute approximate surface area is 89.5 Å². The van der Waals surface area contributed by atoms with Crippen molar-refractivity contribution in [3.05, 3.63) is 30.2 Å². The van der Waals surface area contributed by atoms with Crippen LogP contribution in [0.4, 0.5) is 5.69 Å². The number of imidazole rings is 1. The lowest BCUT2D eigenvalue weighted by Gasteiger charge is -2.12. The number of anilines is 1. The molecule has 4 nitrogen and oxygen atoms in total. The number of hydrogen-bond donors (Lipinski definition) is 1. The molecular weight excluding hydrogens is 188 g/mol. The molecular formula is C11H16N4. The van der Waals surface area contributed by atoms with Crippen LogP contribution in [-0.4, -0.2) is 30.5 Å². The third kappa shape index (κ3) is 1.80. The second-order valence-corrected chi connectivity index (χ2v) is 3.79. The molecule has 0 aliphatic rings. The molecule has 1 N–H and O–H groups in total. The summed E-state index contributed by atoms with van der Waals surface area (Å²) >= 11 is 0. The zero-order chi connectivity index (χ0) is 10.8. The van der Waals surface area contributed by atoms with Gasteiger partial charge in [0.1, 0.15) is 5.65 Å². The monoisotopic (exact) mass is 204 g/mol. The fourth-order valence-corrected chi connectivity index (χ4v) is 1.61. The van der Waals surface area contributed by atoms with E-state index in [1.165, 1.54) is 11.4 Å². The van der Waals surface area contributed by atoms with Crippen LogP contribution in [0.25, 0.3) is 5.65 Å². The van der Waals surface area contributed by atoms with Crippen LogP contribution in [0, 0.1) is 0 Å². The van der Waals surface area contributed by atoms with Crippen molar-refractivity contribution >= 4 is 11.3 Å². The number of fused-ring (bicyclic) bond motifs is 1. The van der Waals surface area contributed by atoms with Gasteiger partial charge < -0.3 is 14.6 Å². The summed E-state index contributed by atoms with van der Waals surface area (Å²) in [5.41, 5.74) is 3.34. The van der Waals surface area contributed by atoms with Gasteiger partial charge in [0.05, 0.1) is 11.9 Å². The standard InChI is InChI=1S/C11H16N4/c1-12-7-10-8-13-11-6-9(14(2)3)4-5-15(10)11/h4-6,8,12H,7H2,1-3H3. The topological polar surface area (TPSA) is 32.6 Å². The maximum Gasteiger partial charge on any atom is 0.138 e. The highest BCUT2D eigenvalue weighted by Gasteiger charge is 2.03. The van der Waals surface area contributed by atoms with Crippen LogP contribution in [0.3, 0.4) is 0 Å². The minimum absolute atomic E-state index is 0.836. The highest BCUT2D eigenvalue weighted by molar-refractivity contribution is 5.55. The number of rotatable bonds is 3. The third-order valence-electron chi connectivity index (χ3n) is 2.45. The van der Waals surface area contributed by atoms with E-state index in [9.17, 15) is 0 Å². The Morgan fingerprint density at radius 2 is 2.27 bits per heavy atom. The lowest BCUT2D eigenvalue weighted by Crippen LogP contribution is -2.10. The van der Waals surface area contributed by atoms with Crippen LogP contribution in [0.1, 0.15) is 5.69 Å². The first kappa shape index (κ1) is 9.98. The molecule has 0 unspecified atom stereocenters.